The van der Waals surface area contributed by atoms with Crippen molar-refractivity contribution >= 4 is 33.8 Å². The van der Waals surface area contributed by atoms with Crippen molar-refractivity contribution in [3.05, 3.63) is 64.2 Å². The third-order valence-electron chi connectivity index (χ3n) is 4.26. The van der Waals surface area contributed by atoms with Crippen LogP contribution in [-0.2, 0) is 4.79 Å². The van der Waals surface area contributed by atoms with Gasteiger partial charge in [0.25, 0.3) is 5.69 Å². The van der Waals surface area contributed by atoms with Crippen molar-refractivity contribution < 1.29 is 9.72 Å². The topological polar surface area (TPSA) is 110 Å². The number of anilines is 2. The van der Waals surface area contributed by atoms with Crippen molar-refractivity contribution in [3.8, 4) is 10.6 Å². The normalized spacial score (nSPS) is 10.7. The molecule has 0 aliphatic heterocycles. The fourth-order valence-corrected chi connectivity index (χ4v) is 3.44. The lowest BCUT2D eigenvalue weighted by Crippen LogP contribution is -2.16. The van der Waals surface area contributed by atoms with E-state index in [9.17, 15) is 14.9 Å². The van der Waals surface area contributed by atoms with Crippen LogP contribution in [0, 0.1) is 10.1 Å². The van der Waals surface area contributed by atoms with E-state index in [2.05, 4.69) is 46.8 Å². The third-order valence-corrected chi connectivity index (χ3v) is 5.15. The van der Waals surface area contributed by atoms with Crippen LogP contribution >= 0.6 is 11.3 Å². The summed E-state index contributed by atoms with van der Waals surface area (Å²) in [5, 5.41) is 25.9. The van der Waals surface area contributed by atoms with Crippen LogP contribution in [0.2, 0.25) is 0 Å². The van der Waals surface area contributed by atoms with Gasteiger partial charge in [-0.3, -0.25) is 14.9 Å². The number of aromatic nitrogens is 2. The fourth-order valence-electron chi connectivity index (χ4n) is 2.68. The number of nitrogens with zero attached hydrogens (tertiary/aromatic N) is 3. The predicted molar refractivity (Wildman–Crippen MR) is 114 cm³/mol. The summed E-state index contributed by atoms with van der Waals surface area (Å²) in [5.74, 6) is 0.216. The first kappa shape index (κ1) is 20.4. The second-order valence-electron chi connectivity index (χ2n) is 6.69. The molecule has 0 fully saturated rings. The van der Waals surface area contributed by atoms with Gasteiger partial charge in [-0.2, -0.15) is 0 Å². The van der Waals surface area contributed by atoms with E-state index < -0.39 is 4.92 Å². The van der Waals surface area contributed by atoms with Gasteiger partial charge in [0.2, 0.25) is 11.0 Å². The summed E-state index contributed by atoms with van der Waals surface area (Å²) in [6, 6.07) is 14.4. The lowest BCUT2D eigenvalue weighted by atomic mass is 10.0. The summed E-state index contributed by atoms with van der Waals surface area (Å²) >= 11 is 1.30. The number of amides is 1. The minimum Gasteiger partial charge on any atom is -0.379 e. The molecule has 0 saturated heterocycles. The molecule has 3 rings (SSSR count). The van der Waals surface area contributed by atoms with E-state index in [4.69, 9.17) is 0 Å². The van der Waals surface area contributed by atoms with E-state index in [0.29, 0.717) is 16.7 Å². The minimum absolute atomic E-state index is 0.0230. The number of carbonyl (C=O) groups excluding carboxylic acids is 1. The maximum Gasteiger partial charge on any atom is 0.292 e. The average molecular weight is 411 g/mol. The van der Waals surface area contributed by atoms with Crippen LogP contribution in [0.15, 0.2) is 48.5 Å². The maximum atomic E-state index is 12.1. The molecule has 0 spiro atoms. The summed E-state index contributed by atoms with van der Waals surface area (Å²) in [5.41, 5.74) is 2.56. The Hall–Kier alpha value is -3.33. The highest BCUT2D eigenvalue weighted by Crippen LogP contribution is 2.28. The van der Waals surface area contributed by atoms with Crippen LogP contribution in [0.5, 0.6) is 0 Å². The van der Waals surface area contributed by atoms with Gasteiger partial charge >= 0.3 is 0 Å². The van der Waals surface area contributed by atoms with Gasteiger partial charge in [0, 0.05) is 24.6 Å². The van der Waals surface area contributed by atoms with Crippen LogP contribution in [0.1, 0.15) is 31.7 Å². The maximum absolute atomic E-state index is 12.1. The Kier molecular flexibility index (Phi) is 6.50. The summed E-state index contributed by atoms with van der Waals surface area (Å²) in [7, 11) is 0. The highest BCUT2D eigenvalue weighted by atomic mass is 32.1. The van der Waals surface area contributed by atoms with Crippen molar-refractivity contribution in [2.24, 2.45) is 0 Å². The zero-order chi connectivity index (χ0) is 20.8. The molecule has 29 heavy (non-hydrogen) atoms. The SMILES string of the molecule is CC(C)c1ccc(-c2nnc(NC(=O)CCNc3ccccc3[N+](=O)[O-])s2)cc1. The van der Waals surface area contributed by atoms with E-state index in [1.807, 2.05) is 12.1 Å². The molecule has 2 N–H and O–H groups in total. The van der Waals surface area contributed by atoms with E-state index in [0.717, 1.165) is 10.6 Å². The first-order chi connectivity index (χ1) is 13.9. The van der Waals surface area contributed by atoms with Gasteiger partial charge in [0.1, 0.15) is 10.7 Å². The van der Waals surface area contributed by atoms with Crippen LogP contribution < -0.4 is 10.6 Å². The summed E-state index contributed by atoms with van der Waals surface area (Å²) in [6.45, 7) is 4.54. The van der Waals surface area contributed by atoms with Gasteiger partial charge in [-0.1, -0.05) is 61.6 Å². The quantitative estimate of drug-likeness (QED) is 0.411. The van der Waals surface area contributed by atoms with Gasteiger partial charge < -0.3 is 10.6 Å². The Bertz CT molecular complexity index is 1000. The van der Waals surface area contributed by atoms with Crippen LogP contribution in [0.25, 0.3) is 10.6 Å². The first-order valence-corrected chi connectivity index (χ1v) is 9.96. The highest BCUT2D eigenvalue weighted by molar-refractivity contribution is 7.18. The molecule has 3 aromatic rings. The van der Waals surface area contributed by atoms with E-state index >= 15 is 0 Å². The molecule has 0 unspecified atom stereocenters. The number of carbonyl (C=O) groups is 1. The van der Waals surface area contributed by atoms with Crippen LogP contribution in [0.4, 0.5) is 16.5 Å². The molecule has 1 amide bonds. The summed E-state index contributed by atoms with van der Waals surface area (Å²) in [6.07, 6.45) is 0.143. The smallest absolute Gasteiger partial charge is 0.292 e. The number of para-hydroxylation sites is 2. The molecular formula is C20H21N5O3S. The molecule has 150 valence electrons. The fraction of sp³-hybridized carbons (Fsp3) is 0.250. The summed E-state index contributed by atoms with van der Waals surface area (Å²) in [4.78, 5) is 22.7. The number of rotatable bonds is 8. The Balaban J connectivity index is 1.53. The number of hydrogen-bond donors (Lipinski definition) is 2. The van der Waals surface area contributed by atoms with Gasteiger partial charge in [-0.05, 0) is 17.5 Å². The summed E-state index contributed by atoms with van der Waals surface area (Å²) < 4.78 is 0. The number of benzene rings is 2. The van der Waals surface area contributed by atoms with Gasteiger partial charge in [-0.25, -0.2) is 0 Å². The second-order valence-corrected chi connectivity index (χ2v) is 7.67. The Morgan fingerprint density at radius 1 is 1.14 bits per heavy atom. The number of hydrogen-bond acceptors (Lipinski definition) is 7. The minimum atomic E-state index is -0.459. The van der Waals surface area contributed by atoms with E-state index in [1.165, 1.54) is 23.0 Å². The molecule has 0 bridgehead atoms. The van der Waals surface area contributed by atoms with Gasteiger partial charge in [-0.15, -0.1) is 10.2 Å². The van der Waals surface area contributed by atoms with E-state index in [1.54, 1.807) is 18.2 Å². The Morgan fingerprint density at radius 2 is 1.86 bits per heavy atom. The molecule has 0 aliphatic rings. The van der Waals surface area contributed by atoms with Crippen molar-refractivity contribution in [2.75, 3.05) is 17.2 Å². The molecular weight excluding hydrogens is 390 g/mol. The zero-order valence-corrected chi connectivity index (χ0v) is 16.9. The number of nitrogens with one attached hydrogen (secondary N) is 2. The second kappa shape index (κ2) is 9.24. The lowest BCUT2D eigenvalue weighted by molar-refractivity contribution is -0.384. The standard InChI is InChI=1S/C20H21N5O3S/c1-13(2)14-7-9-15(10-8-14)19-23-24-20(29-19)22-18(26)11-12-21-16-5-3-4-6-17(16)25(27)28/h3-10,13,21H,11-12H2,1-2H3,(H,22,24,26). The molecule has 1 heterocycles. The zero-order valence-electron chi connectivity index (χ0n) is 16.1. The van der Waals surface area contributed by atoms with Crippen LogP contribution in [0.3, 0.4) is 0 Å². The lowest BCUT2D eigenvalue weighted by Gasteiger charge is -2.06. The van der Waals surface area contributed by atoms with Gasteiger partial charge in [0.15, 0.2) is 0 Å². The monoisotopic (exact) mass is 411 g/mol. The highest BCUT2D eigenvalue weighted by Gasteiger charge is 2.13. The predicted octanol–water partition coefficient (Wildman–Crippen LogP) is 4.68. The molecule has 1 aromatic heterocycles. The van der Waals surface area contributed by atoms with Gasteiger partial charge in [0.05, 0.1) is 4.92 Å². The first-order valence-electron chi connectivity index (χ1n) is 9.15. The van der Waals surface area contributed by atoms with E-state index in [-0.39, 0.29) is 24.6 Å². The largest absolute Gasteiger partial charge is 0.379 e. The number of nitro benzene ring substituents is 1. The molecule has 8 nitrogen and oxygen atoms in total. The van der Waals surface area contributed by atoms with Crippen LogP contribution in [-0.4, -0.2) is 27.6 Å². The van der Waals surface area contributed by atoms with Crippen molar-refractivity contribution in [1.29, 1.82) is 0 Å². The molecule has 0 aliphatic carbocycles. The Morgan fingerprint density at radius 3 is 2.55 bits per heavy atom. The third kappa shape index (κ3) is 5.35. The van der Waals surface area contributed by atoms with Crippen molar-refractivity contribution in [2.45, 2.75) is 26.2 Å². The molecule has 0 radical (unpaired) electrons. The van der Waals surface area contributed by atoms with Crippen molar-refractivity contribution in [1.82, 2.24) is 10.2 Å². The number of nitro groups is 1. The Labute approximate surface area is 172 Å². The molecule has 0 atom stereocenters. The molecule has 2 aromatic carbocycles. The molecule has 9 heteroatoms. The average Bonchev–Trinajstić information content (AvgIpc) is 3.16. The van der Waals surface area contributed by atoms with Crippen molar-refractivity contribution in [3.63, 3.8) is 0 Å². The molecule has 0 saturated carbocycles.